The second-order valence-corrected chi connectivity index (χ2v) is 22.6. The summed E-state index contributed by atoms with van der Waals surface area (Å²) in [6.45, 7) is 8.26. The number of halogens is 1. The molecule has 392 valence electrons. The van der Waals surface area contributed by atoms with Gasteiger partial charge in [-0.3, -0.25) is 34.3 Å². The molecule has 2 aromatic carbocycles. The Morgan fingerprint density at radius 3 is 2.32 bits per heavy atom. The summed E-state index contributed by atoms with van der Waals surface area (Å²) in [6.07, 6.45) is 15.5. The number of rotatable bonds is 11. The average molecular weight is 1020 g/mol. The van der Waals surface area contributed by atoms with Crippen molar-refractivity contribution >= 4 is 57.8 Å². The van der Waals surface area contributed by atoms with Gasteiger partial charge in [0.1, 0.15) is 11.3 Å². The molecule has 16 nitrogen and oxygen atoms in total. The van der Waals surface area contributed by atoms with Crippen molar-refractivity contribution in [2.45, 2.75) is 139 Å². The number of fused-ring (bicyclic) bond motifs is 3. The number of hydrogen-bond donors (Lipinski definition) is 2. The van der Waals surface area contributed by atoms with Crippen LogP contribution in [0.1, 0.15) is 127 Å². The van der Waals surface area contributed by atoms with Gasteiger partial charge in [-0.2, -0.15) is 0 Å². The summed E-state index contributed by atoms with van der Waals surface area (Å²) in [5.41, 5.74) is 5.24. The highest BCUT2D eigenvalue weighted by Gasteiger charge is 2.56. The highest BCUT2D eigenvalue weighted by Crippen LogP contribution is 2.52. The van der Waals surface area contributed by atoms with Crippen molar-refractivity contribution in [3.63, 3.8) is 0 Å². The molecule has 7 aliphatic rings. The van der Waals surface area contributed by atoms with Crippen molar-refractivity contribution in [2.75, 3.05) is 49.5 Å². The molecular formula is C58H67FN10O6. The summed E-state index contributed by atoms with van der Waals surface area (Å²) in [6, 6.07) is 18.0. The van der Waals surface area contributed by atoms with E-state index in [2.05, 4.69) is 51.4 Å². The van der Waals surface area contributed by atoms with Gasteiger partial charge >= 0.3 is 0 Å². The zero-order valence-corrected chi connectivity index (χ0v) is 43.0. The first-order valence-electron chi connectivity index (χ1n) is 27.6. The molecule has 12 rings (SSSR count). The van der Waals surface area contributed by atoms with Crippen LogP contribution in [0.2, 0.25) is 0 Å². The van der Waals surface area contributed by atoms with E-state index in [9.17, 15) is 19.2 Å². The minimum atomic E-state index is -0.765. The second-order valence-electron chi connectivity index (χ2n) is 22.6. The molecule has 8 heterocycles. The summed E-state index contributed by atoms with van der Waals surface area (Å²) >= 11 is 0. The van der Waals surface area contributed by atoms with Gasteiger partial charge in [0, 0.05) is 74.1 Å². The Labute approximate surface area is 436 Å². The maximum Gasteiger partial charge on any atom is 0.238 e. The van der Waals surface area contributed by atoms with E-state index in [0.717, 1.165) is 85.3 Å². The first kappa shape index (κ1) is 49.1. The van der Waals surface area contributed by atoms with Crippen LogP contribution in [0, 0.1) is 17.7 Å². The minimum Gasteiger partial charge on any atom is -0.490 e. The maximum atomic E-state index is 15.3. The predicted octanol–water partition coefficient (Wildman–Crippen LogP) is 8.19. The molecule has 5 aliphatic heterocycles. The lowest BCUT2D eigenvalue weighted by Gasteiger charge is -2.48. The summed E-state index contributed by atoms with van der Waals surface area (Å²) in [7, 11) is 0. The Bertz CT molecular complexity index is 3020. The van der Waals surface area contributed by atoms with Crippen molar-refractivity contribution < 1.29 is 33.1 Å². The smallest absolute Gasteiger partial charge is 0.238 e. The van der Waals surface area contributed by atoms with E-state index >= 15 is 9.18 Å². The van der Waals surface area contributed by atoms with Crippen LogP contribution in [-0.4, -0.2) is 121 Å². The van der Waals surface area contributed by atoms with Crippen LogP contribution in [0.5, 0.6) is 5.75 Å². The number of hydrogen-bond acceptors (Lipinski definition) is 11. The summed E-state index contributed by atoms with van der Waals surface area (Å²) < 4.78 is 23.4. The van der Waals surface area contributed by atoms with Gasteiger partial charge in [0.25, 0.3) is 0 Å². The predicted molar refractivity (Wildman–Crippen MR) is 281 cm³/mol. The third-order valence-electron chi connectivity index (χ3n) is 17.8. The molecule has 0 bridgehead atoms. The number of amides is 5. The number of carbonyl (C=O) groups is 5. The number of likely N-dealkylation sites (tertiary alicyclic amines) is 3. The van der Waals surface area contributed by atoms with Crippen molar-refractivity contribution in [1.82, 2.24) is 39.5 Å². The van der Waals surface area contributed by atoms with E-state index in [0.29, 0.717) is 81.4 Å². The molecule has 2 aliphatic carbocycles. The third kappa shape index (κ3) is 9.22. The van der Waals surface area contributed by atoms with Crippen LogP contribution >= 0.6 is 0 Å². The molecular weight excluding hydrogens is 952 g/mol. The van der Waals surface area contributed by atoms with Crippen LogP contribution in [0.3, 0.4) is 0 Å². The van der Waals surface area contributed by atoms with Crippen LogP contribution in [0.4, 0.5) is 21.6 Å². The third-order valence-corrected chi connectivity index (χ3v) is 17.8. The Hall–Kier alpha value is -6.75. The van der Waals surface area contributed by atoms with Crippen LogP contribution in [0.25, 0.3) is 22.3 Å². The van der Waals surface area contributed by atoms with Crippen LogP contribution in [-0.2, 0) is 29.4 Å². The van der Waals surface area contributed by atoms with Gasteiger partial charge in [-0.05, 0) is 145 Å². The van der Waals surface area contributed by atoms with E-state index in [4.69, 9.17) is 14.7 Å². The van der Waals surface area contributed by atoms with Crippen LogP contribution < -0.4 is 20.3 Å². The fraction of sp³-hybridized carbons (Fsp3) is 0.517. The molecule has 5 aromatic rings. The zero-order valence-electron chi connectivity index (χ0n) is 43.0. The molecule has 1 unspecified atom stereocenters. The molecule has 3 aromatic heterocycles. The molecule has 6 fully saturated rings. The number of carbonyl (C=O) groups excluding carboxylic acids is 5. The van der Waals surface area contributed by atoms with Gasteiger partial charge in [0.05, 0.1) is 52.8 Å². The zero-order chi connectivity index (χ0) is 51.5. The van der Waals surface area contributed by atoms with E-state index in [1.165, 1.54) is 25.5 Å². The first-order valence-corrected chi connectivity index (χ1v) is 27.6. The monoisotopic (exact) mass is 1020 g/mol. The lowest BCUT2D eigenvalue weighted by molar-refractivity contribution is -0.140. The highest BCUT2D eigenvalue weighted by molar-refractivity contribution is 6.09. The Balaban J connectivity index is 0.715. The van der Waals surface area contributed by atoms with E-state index in [-0.39, 0.29) is 71.2 Å². The lowest BCUT2D eigenvalue weighted by Crippen LogP contribution is -2.58. The van der Waals surface area contributed by atoms with Gasteiger partial charge in [-0.25, -0.2) is 14.4 Å². The lowest BCUT2D eigenvalue weighted by atomic mass is 9.73. The van der Waals surface area contributed by atoms with Crippen molar-refractivity contribution in [3.8, 4) is 17.0 Å². The van der Waals surface area contributed by atoms with Gasteiger partial charge in [0.2, 0.25) is 29.5 Å². The summed E-state index contributed by atoms with van der Waals surface area (Å²) in [5.74, 6) is -0.191. The SMILES string of the molecule is CC(C)n1cnc2cc(-c3ccc4c(c3)N([C@H]3C[C@@H](N5CCCCC5)C3)C(=O)C43CCN(C(=O)[C@@H]4CCN(C(=O)[C@H]5CC[C@H](Oc6ccc(C7CCC(=O)NC7=O)cc6)CC5)C4)CC3)nc(Nc3ccncc3F)c21. The Morgan fingerprint density at radius 1 is 0.827 bits per heavy atom. The van der Waals surface area contributed by atoms with Gasteiger partial charge in [0.15, 0.2) is 11.6 Å². The first-order chi connectivity index (χ1) is 36.4. The topological polar surface area (TPSA) is 175 Å². The average Bonchev–Trinajstić information content (AvgIpc) is 4.16. The van der Waals surface area contributed by atoms with Crippen molar-refractivity contribution in [3.05, 3.63) is 90.3 Å². The molecule has 2 saturated carbocycles. The Morgan fingerprint density at radius 2 is 1.59 bits per heavy atom. The number of nitrogens with one attached hydrogen (secondary N) is 2. The fourth-order valence-electron chi connectivity index (χ4n) is 13.4. The quantitative estimate of drug-likeness (QED) is 0.122. The summed E-state index contributed by atoms with van der Waals surface area (Å²) in [5, 5.41) is 5.67. The molecule has 2 atom stereocenters. The second kappa shape index (κ2) is 20.1. The molecule has 2 N–H and O–H groups in total. The van der Waals surface area contributed by atoms with Gasteiger partial charge in [-0.1, -0.05) is 30.7 Å². The number of benzene rings is 2. The van der Waals surface area contributed by atoms with Gasteiger partial charge < -0.3 is 34.2 Å². The maximum absolute atomic E-state index is 15.3. The largest absolute Gasteiger partial charge is 0.490 e. The number of nitrogens with zero attached hydrogens (tertiary/aromatic N) is 8. The number of pyridine rings is 2. The Kier molecular flexibility index (Phi) is 13.2. The molecule has 4 saturated heterocycles. The number of imide groups is 1. The fourth-order valence-corrected chi connectivity index (χ4v) is 13.4. The van der Waals surface area contributed by atoms with Crippen molar-refractivity contribution in [2.24, 2.45) is 11.8 Å². The van der Waals surface area contributed by atoms with E-state index < -0.39 is 11.2 Å². The number of aromatic nitrogens is 4. The molecule has 17 heteroatoms. The summed E-state index contributed by atoms with van der Waals surface area (Å²) in [4.78, 5) is 89.9. The van der Waals surface area contributed by atoms with Crippen molar-refractivity contribution in [1.29, 1.82) is 0 Å². The van der Waals surface area contributed by atoms with E-state index in [1.54, 1.807) is 18.6 Å². The number of anilines is 3. The normalized spacial score (nSPS) is 25.9. The van der Waals surface area contributed by atoms with Gasteiger partial charge in [-0.15, -0.1) is 0 Å². The molecule has 0 radical (unpaired) electrons. The van der Waals surface area contributed by atoms with Crippen LogP contribution in [0.15, 0.2) is 73.3 Å². The number of imidazole rings is 1. The number of ether oxygens (including phenoxy) is 1. The van der Waals surface area contributed by atoms with E-state index in [1.807, 2.05) is 50.8 Å². The minimum absolute atomic E-state index is 0.0146. The molecule has 75 heavy (non-hydrogen) atoms. The highest BCUT2D eigenvalue weighted by atomic mass is 19.1. The molecule has 1 spiro atoms. The number of piperidine rings is 3. The standard InChI is InChI=1S/C58H67FN10O6/c1-35(2)68-34-61-49-31-48(63-53(52(49)68)62-47-18-22-60-32-46(47)59)38-10-16-45-50(28-38)69(41-29-40(30-41)65-23-4-3-5-24-65)57(74)58(45)20-26-66(27-21-58)56(73)39-19-25-67(33-39)55(72)37-8-13-43(14-9-37)75-42-11-6-36(7-12-42)44-15-17-51(70)64-54(44)71/h6-7,10-12,16,18,22,28,31-32,34-35,37,39-41,43-44H,3-5,8-9,13-15,17,19-21,23-27,29-30,33H2,1-2H3,(H,60,62,63)(H,64,70,71)/t37-,39-,40-,41+,43-,44?/m1/s1. The molecule has 5 amide bonds.